The van der Waals surface area contributed by atoms with Crippen molar-refractivity contribution in [2.75, 3.05) is 0 Å². The SMILES string of the molecule is O=C(O)c1ccccc1C(=O)N1N=C2/C(=C/c3cccc([N+](=O)[O-])c3)CCC[C@H]2[C@H]1c1cccc([N+](=O)[O-])c1. The second-order valence-corrected chi connectivity index (χ2v) is 9.30. The average Bonchev–Trinajstić information content (AvgIpc) is 3.33. The van der Waals surface area contributed by atoms with Gasteiger partial charge < -0.3 is 5.11 Å². The van der Waals surface area contributed by atoms with Gasteiger partial charge >= 0.3 is 5.97 Å². The lowest BCUT2D eigenvalue weighted by Gasteiger charge is -2.29. The molecule has 1 aliphatic heterocycles. The third kappa shape index (κ3) is 4.89. The number of hydrazone groups is 1. The van der Waals surface area contributed by atoms with Gasteiger partial charge in [-0.15, -0.1) is 0 Å². The number of rotatable bonds is 6. The molecule has 0 saturated heterocycles. The summed E-state index contributed by atoms with van der Waals surface area (Å²) in [6.45, 7) is 0. The minimum atomic E-state index is -1.26. The van der Waals surface area contributed by atoms with Gasteiger partial charge in [-0.25, -0.2) is 9.80 Å². The van der Waals surface area contributed by atoms with Crippen molar-refractivity contribution in [3.8, 4) is 0 Å². The minimum Gasteiger partial charge on any atom is -0.478 e. The highest BCUT2D eigenvalue weighted by Gasteiger charge is 2.44. The van der Waals surface area contributed by atoms with Crippen LogP contribution in [0.15, 0.2) is 83.5 Å². The van der Waals surface area contributed by atoms with Crippen LogP contribution in [-0.4, -0.2) is 37.6 Å². The van der Waals surface area contributed by atoms with Gasteiger partial charge in [-0.2, -0.15) is 5.10 Å². The quantitative estimate of drug-likeness (QED) is 0.322. The van der Waals surface area contributed by atoms with E-state index in [1.54, 1.807) is 30.3 Å². The molecule has 1 heterocycles. The number of benzene rings is 3. The number of hydrogen-bond donors (Lipinski definition) is 1. The van der Waals surface area contributed by atoms with Crippen LogP contribution in [0, 0.1) is 26.1 Å². The van der Waals surface area contributed by atoms with Crippen molar-refractivity contribution < 1.29 is 24.5 Å². The second kappa shape index (κ2) is 10.3. The monoisotopic (exact) mass is 526 g/mol. The van der Waals surface area contributed by atoms with Crippen molar-refractivity contribution in [1.82, 2.24) is 5.01 Å². The smallest absolute Gasteiger partial charge is 0.336 e. The van der Waals surface area contributed by atoms with Gasteiger partial charge in [-0.05, 0) is 54.2 Å². The van der Waals surface area contributed by atoms with E-state index in [1.807, 2.05) is 6.08 Å². The topological polar surface area (TPSA) is 156 Å². The number of nitrogens with zero attached hydrogens (tertiary/aromatic N) is 4. The first-order valence-electron chi connectivity index (χ1n) is 12.2. The zero-order chi connectivity index (χ0) is 27.7. The maximum Gasteiger partial charge on any atom is 0.336 e. The Morgan fingerprint density at radius 2 is 1.59 bits per heavy atom. The Morgan fingerprint density at radius 1 is 0.923 bits per heavy atom. The van der Waals surface area contributed by atoms with E-state index in [-0.39, 0.29) is 28.4 Å². The fourth-order valence-electron chi connectivity index (χ4n) is 5.23. The van der Waals surface area contributed by atoms with Gasteiger partial charge in [0.05, 0.1) is 32.7 Å². The summed E-state index contributed by atoms with van der Waals surface area (Å²) in [5, 5.41) is 38.4. The molecule has 11 heteroatoms. The molecule has 2 aliphatic rings. The van der Waals surface area contributed by atoms with E-state index in [4.69, 9.17) is 0 Å². The van der Waals surface area contributed by atoms with Gasteiger partial charge in [0.25, 0.3) is 17.3 Å². The van der Waals surface area contributed by atoms with Gasteiger partial charge in [0.1, 0.15) is 0 Å². The molecule has 2 atom stereocenters. The zero-order valence-corrected chi connectivity index (χ0v) is 20.5. The normalized spacial score (nSPS) is 19.3. The summed E-state index contributed by atoms with van der Waals surface area (Å²) in [6, 6.07) is 17.3. The maximum atomic E-state index is 13.8. The molecule has 0 radical (unpaired) electrons. The van der Waals surface area contributed by atoms with Crippen molar-refractivity contribution in [2.45, 2.75) is 25.3 Å². The molecule has 1 N–H and O–H groups in total. The molecule has 11 nitrogen and oxygen atoms in total. The molecular weight excluding hydrogens is 504 g/mol. The Hall–Kier alpha value is -5.19. The van der Waals surface area contributed by atoms with Crippen LogP contribution in [0.5, 0.6) is 0 Å². The number of carbonyl (C=O) groups excluding carboxylic acids is 1. The Morgan fingerprint density at radius 3 is 2.28 bits per heavy atom. The molecule has 1 aliphatic carbocycles. The van der Waals surface area contributed by atoms with E-state index in [2.05, 4.69) is 5.10 Å². The highest BCUT2D eigenvalue weighted by Crippen LogP contribution is 2.45. The molecule has 1 fully saturated rings. The summed E-state index contributed by atoms with van der Waals surface area (Å²) in [5.41, 5.74) is 2.09. The molecule has 39 heavy (non-hydrogen) atoms. The Bertz CT molecular complexity index is 1580. The number of aromatic carboxylic acids is 1. The van der Waals surface area contributed by atoms with Gasteiger partial charge in [-0.1, -0.05) is 36.4 Å². The fourth-order valence-corrected chi connectivity index (χ4v) is 5.23. The van der Waals surface area contributed by atoms with Crippen LogP contribution in [-0.2, 0) is 0 Å². The van der Waals surface area contributed by atoms with Crippen LogP contribution < -0.4 is 0 Å². The number of amides is 1. The lowest BCUT2D eigenvalue weighted by Crippen LogP contribution is -2.32. The summed E-state index contributed by atoms with van der Waals surface area (Å²) < 4.78 is 0. The summed E-state index contributed by atoms with van der Waals surface area (Å²) in [4.78, 5) is 47.5. The third-order valence-corrected chi connectivity index (χ3v) is 6.94. The minimum absolute atomic E-state index is 0.0485. The number of carbonyl (C=O) groups is 2. The molecule has 0 spiro atoms. The van der Waals surface area contributed by atoms with Crippen molar-refractivity contribution in [1.29, 1.82) is 0 Å². The van der Waals surface area contributed by atoms with E-state index in [0.717, 1.165) is 12.0 Å². The van der Waals surface area contributed by atoms with Crippen LogP contribution in [0.25, 0.3) is 6.08 Å². The first-order chi connectivity index (χ1) is 18.7. The van der Waals surface area contributed by atoms with Gasteiger partial charge in [0.2, 0.25) is 0 Å². The highest BCUT2D eigenvalue weighted by atomic mass is 16.6. The second-order valence-electron chi connectivity index (χ2n) is 9.30. The molecule has 1 amide bonds. The Kier molecular flexibility index (Phi) is 6.72. The Labute approximate surface area is 222 Å². The molecular formula is C28H22N4O7. The lowest BCUT2D eigenvalue weighted by molar-refractivity contribution is -0.385. The summed E-state index contributed by atoms with van der Waals surface area (Å²) >= 11 is 0. The number of nitro groups is 2. The van der Waals surface area contributed by atoms with Crippen molar-refractivity contribution in [3.05, 3.63) is 121 Å². The standard InChI is InChI=1S/C28H22N4O7/c33-27(22-11-1-2-12-23(22)28(34)35)30-26(19-8-4-10-21(16-19)32(38)39)24-13-5-7-18(25(24)29-30)14-17-6-3-9-20(15-17)31(36)37/h1-4,6,8-12,14-16,24,26H,5,7,13H2,(H,34,35)/b18-14+/t24-,26-/m1/s1. The number of fused-ring (bicyclic) bond motifs is 1. The van der Waals surface area contributed by atoms with Crippen LogP contribution in [0.2, 0.25) is 0 Å². The average molecular weight is 527 g/mol. The van der Waals surface area contributed by atoms with Crippen LogP contribution in [0.3, 0.4) is 0 Å². The van der Waals surface area contributed by atoms with Crippen molar-refractivity contribution in [3.63, 3.8) is 0 Å². The molecule has 0 unspecified atom stereocenters. The van der Waals surface area contributed by atoms with Crippen LogP contribution in [0.4, 0.5) is 11.4 Å². The molecule has 196 valence electrons. The number of hydrogen-bond acceptors (Lipinski definition) is 7. The number of non-ortho nitro benzene ring substituents is 2. The molecule has 0 aromatic heterocycles. The fraction of sp³-hybridized carbons (Fsp3) is 0.179. The largest absolute Gasteiger partial charge is 0.478 e. The van der Waals surface area contributed by atoms with Crippen LogP contribution >= 0.6 is 0 Å². The molecule has 5 rings (SSSR count). The van der Waals surface area contributed by atoms with E-state index in [1.165, 1.54) is 47.5 Å². The zero-order valence-electron chi connectivity index (χ0n) is 20.5. The van der Waals surface area contributed by atoms with Crippen LogP contribution in [0.1, 0.15) is 57.1 Å². The molecule has 0 bridgehead atoms. The summed E-state index contributed by atoms with van der Waals surface area (Å²) in [6.07, 6.45) is 3.81. The van der Waals surface area contributed by atoms with Gasteiger partial charge in [0.15, 0.2) is 0 Å². The Balaban J connectivity index is 1.63. The number of nitro benzene ring substituents is 2. The first kappa shape index (κ1) is 25.5. The predicted octanol–water partition coefficient (Wildman–Crippen LogP) is 5.64. The van der Waals surface area contributed by atoms with E-state index >= 15 is 0 Å². The van der Waals surface area contributed by atoms with Crippen molar-refractivity contribution in [2.24, 2.45) is 11.0 Å². The number of allylic oxidation sites excluding steroid dienone is 1. The van der Waals surface area contributed by atoms with E-state index in [0.29, 0.717) is 29.7 Å². The highest BCUT2D eigenvalue weighted by molar-refractivity contribution is 6.10. The number of carboxylic acid groups (broad SMARTS) is 1. The molecule has 3 aromatic carbocycles. The summed E-state index contributed by atoms with van der Waals surface area (Å²) in [5.74, 6) is -2.21. The maximum absolute atomic E-state index is 13.8. The van der Waals surface area contributed by atoms with E-state index < -0.39 is 27.8 Å². The first-order valence-corrected chi connectivity index (χ1v) is 12.2. The number of carboxylic acids is 1. The predicted molar refractivity (Wildman–Crippen MR) is 141 cm³/mol. The van der Waals surface area contributed by atoms with Gasteiger partial charge in [-0.3, -0.25) is 25.0 Å². The van der Waals surface area contributed by atoms with E-state index in [9.17, 15) is 34.9 Å². The molecule has 3 aromatic rings. The van der Waals surface area contributed by atoms with Crippen molar-refractivity contribution >= 4 is 35.0 Å². The molecule has 1 saturated carbocycles. The third-order valence-electron chi connectivity index (χ3n) is 6.94. The summed E-state index contributed by atoms with van der Waals surface area (Å²) in [7, 11) is 0. The lowest BCUT2D eigenvalue weighted by atomic mass is 9.77. The van der Waals surface area contributed by atoms with Gasteiger partial charge in [0, 0.05) is 30.2 Å².